The predicted molar refractivity (Wildman–Crippen MR) is 143 cm³/mol. The molecule has 4 rings (SSSR count). The van der Waals surface area contributed by atoms with Crippen molar-refractivity contribution in [2.75, 3.05) is 6.61 Å². The van der Waals surface area contributed by atoms with E-state index in [1.165, 1.54) is 18.2 Å². The molecule has 0 spiro atoms. The Bertz CT molecular complexity index is 1270. The van der Waals surface area contributed by atoms with E-state index in [2.05, 4.69) is 24.7 Å². The van der Waals surface area contributed by atoms with Gasteiger partial charge in [0.1, 0.15) is 12.3 Å². The standard InChI is InChI=1S/C31H36F3NO3/c1-6-16-38-35-27(21-10-7-8-11-24(21)31(32,33)34)23-18-25-20(17-22(23)19(2)3)12-13-26-29(25,4)14-9-15-30(26,5)28(36)37/h6-8,10-11,17-19,26H,1,9,12-16H2,2-5H3,(H,36,37)/t26-,29-,30-/m1/s1. The monoisotopic (exact) mass is 527 g/mol. The van der Waals surface area contributed by atoms with Crippen molar-refractivity contribution >= 4 is 11.7 Å². The van der Waals surface area contributed by atoms with E-state index < -0.39 is 28.5 Å². The Kier molecular flexibility index (Phi) is 7.52. The third-order valence-electron chi connectivity index (χ3n) is 8.72. The maximum atomic E-state index is 14.1. The number of halogens is 3. The molecule has 0 heterocycles. The largest absolute Gasteiger partial charge is 0.481 e. The van der Waals surface area contributed by atoms with Crippen molar-refractivity contribution in [3.63, 3.8) is 0 Å². The van der Waals surface area contributed by atoms with Crippen LogP contribution in [0.15, 0.2) is 54.2 Å². The summed E-state index contributed by atoms with van der Waals surface area (Å²) in [5.41, 5.74) is 1.64. The molecular formula is C31H36F3NO3. The van der Waals surface area contributed by atoms with Crippen molar-refractivity contribution in [3.05, 3.63) is 82.4 Å². The third kappa shape index (κ3) is 4.76. The summed E-state index contributed by atoms with van der Waals surface area (Å²) in [4.78, 5) is 17.8. The maximum Gasteiger partial charge on any atom is 0.417 e. The number of aliphatic carboxylic acids is 1. The second-order valence-corrected chi connectivity index (χ2v) is 11.4. The van der Waals surface area contributed by atoms with Crippen LogP contribution in [-0.2, 0) is 27.6 Å². The lowest BCUT2D eigenvalue weighted by Gasteiger charge is -2.53. The number of hydrogen-bond donors (Lipinski definition) is 1. The number of carboxylic acids is 1. The number of hydrogen-bond acceptors (Lipinski definition) is 3. The number of fused-ring (bicyclic) bond motifs is 3. The molecular weight excluding hydrogens is 491 g/mol. The Hall–Kier alpha value is -3.09. The molecule has 0 aliphatic heterocycles. The molecule has 4 nitrogen and oxygen atoms in total. The Morgan fingerprint density at radius 2 is 1.92 bits per heavy atom. The van der Waals surface area contributed by atoms with Gasteiger partial charge in [-0.1, -0.05) is 69.3 Å². The maximum absolute atomic E-state index is 14.1. The molecule has 1 N–H and O–H groups in total. The highest BCUT2D eigenvalue weighted by atomic mass is 19.4. The summed E-state index contributed by atoms with van der Waals surface area (Å²) < 4.78 is 42.4. The van der Waals surface area contributed by atoms with Gasteiger partial charge in [0.15, 0.2) is 0 Å². The van der Waals surface area contributed by atoms with Gasteiger partial charge in [0.05, 0.1) is 11.0 Å². The van der Waals surface area contributed by atoms with Crippen LogP contribution in [0.25, 0.3) is 0 Å². The molecule has 0 amide bonds. The van der Waals surface area contributed by atoms with Crippen molar-refractivity contribution in [1.29, 1.82) is 0 Å². The molecule has 0 unspecified atom stereocenters. The Labute approximate surface area is 222 Å². The number of carbonyl (C=O) groups is 1. The molecule has 2 aromatic rings. The zero-order valence-corrected chi connectivity index (χ0v) is 22.5. The summed E-state index contributed by atoms with van der Waals surface area (Å²) in [6, 6.07) is 9.50. The van der Waals surface area contributed by atoms with Gasteiger partial charge >= 0.3 is 12.1 Å². The van der Waals surface area contributed by atoms with Crippen LogP contribution in [0, 0.1) is 11.3 Å². The molecule has 1 fully saturated rings. The summed E-state index contributed by atoms with van der Waals surface area (Å²) >= 11 is 0. The Morgan fingerprint density at radius 1 is 1.21 bits per heavy atom. The molecule has 0 saturated heterocycles. The topological polar surface area (TPSA) is 58.9 Å². The average molecular weight is 528 g/mol. The molecule has 2 aliphatic rings. The summed E-state index contributed by atoms with van der Waals surface area (Å²) in [7, 11) is 0. The van der Waals surface area contributed by atoms with Crippen LogP contribution in [-0.4, -0.2) is 23.4 Å². The normalized spacial score (nSPS) is 25.5. The van der Waals surface area contributed by atoms with Crippen LogP contribution in [0.4, 0.5) is 13.2 Å². The van der Waals surface area contributed by atoms with Gasteiger partial charge in [-0.25, -0.2) is 0 Å². The van der Waals surface area contributed by atoms with Crippen LogP contribution in [0.5, 0.6) is 0 Å². The van der Waals surface area contributed by atoms with Gasteiger partial charge in [-0.2, -0.15) is 13.2 Å². The van der Waals surface area contributed by atoms with Crippen LogP contribution in [0.1, 0.15) is 92.7 Å². The van der Waals surface area contributed by atoms with E-state index in [-0.39, 0.29) is 29.7 Å². The van der Waals surface area contributed by atoms with E-state index in [1.54, 1.807) is 6.07 Å². The Balaban J connectivity index is 1.98. The number of oxime groups is 1. The van der Waals surface area contributed by atoms with Crippen LogP contribution < -0.4 is 0 Å². The van der Waals surface area contributed by atoms with Gasteiger partial charge in [0.2, 0.25) is 0 Å². The van der Waals surface area contributed by atoms with Gasteiger partial charge in [0.25, 0.3) is 0 Å². The number of benzene rings is 2. The highest BCUT2D eigenvalue weighted by Crippen LogP contribution is 2.57. The third-order valence-corrected chi connectivity index (χ3v) is 8.72. The molecule has 3 atom stereocenters. The molecule has 204 valence electrons. The predicted octanol–water partition coefficient (Wildman–Crippen LogP) is 7.88. The second kappa shape index (κ2) is 10.2. The number of alkyl halides is 3. The Morgan fingerprint density at radius 3 is 2.55 bits per heavy atom. The van der Waals surface area contributed by atoms with E-state index in [0.717, 1.165) is 48.4 Å². The zero-order chi connectivity index (χ0) is 27.9. The quantitative estimate of drug-likeness (QED) is 0.172. The first-order valence-electron chi connectivity index (χ1n) is 13.2. The summed E-state index contributed by atoms with van der Waals surface area (Å²) in [6.07, 6.45) is 0.638. The van der Waals surface area contributed by atoms with Gasteiger partial charge in [-0.15, -0.1) is 0 Å². The van der Waals surface area contributed by atoms with Crippen LogP contribution >= 0.6 is 0 Å². The highest BCUT2D eigenvalue weighted by molar-refractivity contribution is 6.14. The first kappa shape index (κ1) is 27.9. The SMILES string of the molecule is C=CCON=C(c1cc2c(cc1C(C)C)CC[C@H]1[C@](C)(C(=O)O)CCC[C@]21C)c1ccccc1C(F)(F)F. The second-order valence-electron chi connectivity index (χ2n) is 11.4. The summed E-state index contributed by atoms with van der Waals surface area (Å²) in [5, 5.41) is 14.4. The van der Waals surface area contributed by atoms with Crippen LogP contribution in [0.2, 0.25) is 0 Å². The number of rotatable bonds is 7. The van der Waals surface area contributed by atoms with E-state index >= 15 is 0 Å². The molecule has 0 bridgehead atoms. The molecule has 0 aromatic heterocycles. The fourth-order valence-corrected chi connectivity index (χ4v) is 6.81. The van der Waals surface area contributed by atoms with E-state index in [4.69, 9.17) is 4.84 Å². The minimum atomic E-state index is -4.58. The van der Waals surface area contributed by atoms with Gasteiger partial charge in [-0.05, 0) is 78.7 Å². The molecule has 1 saturated carbocycles. The number of carboxylic acid groups (broad SMARTS) is 1. The van der Waals surface area contributed by atoms with E-state index in [1.807, 2.05) is 26.8 Å². The van der Waals surface area contributed by atoms with Crippen molar-refractivity contribution in [2.45, 2.75) is 77.3 Å². The lowest BCUT2D eigenvalue weighted by molar-refractivity contribution is -0.157. The van der Waals surface area contributed by atoms with Gasteiger partial charge in [-0.3, -0.25) is 4.79 Å². The van der Waals surface area contributed by atoms with Crippen molar-refractivity contribution in [1.82, 2.24) is 0 Å². The highest BCUT2D eigenvalue weighted by Gasteiger charge is 2.55. The molecule has 7 heteroatoms. The van der Waals surface area contributed by atoms with Gasteiger partial charge < -0.3 is 9.94 Å². The fraction of sp³-hybridized carbons (Fsp3) is 0.484. The number of nitrogens with zero attached hydrogens (tertiary/aromatic N) is 1. The molecule has 2 aromatic carbocycles. The minimum Gasteiger partial charge on any atom is -0.481 e. The lowest BCUT2D eigenvalue weighted by Crippen LogP contribution is -2.52. The summed E-state index contributed by atoms with van der Waals surface area (Å²) in [6.45, 7) is 11.7. The molecule has 0 radical (unpaired) electrons. The minimum absolute atomic E-state index is 0.0131. The van der Waals surface area contributed by atoms with E-state index in [0.29, 0.717) is 12.0 Å². The van der Waals surface area contributed by atoms with Crippen molar-refractivity contribution < 1.29 is 27.9 Å². The zero-order valence-electron chi connectivity index (χ0n) is 22.5. The lowest BCUT2D eigenvalue weighted by atomic mass is 9.49. The summed E-state index contributed by atoms with van der Waals surface area (Å²) in [5.74, 6) is -0.847. The van der Waals surface area contributed by atoms with Crippen molar-refractivity contribution in [3.8, 4) is 0 Å². The van der Waals surface area contributed by atoms with Gasteiger partial charge in [0, 0.05) is 11.1 Å². The number of aryl methyl sites for hydroxylation is 1. The first-order valence-corrected chi connectivity index (χ1v) is 13.2. The molecule has 2 aliphatic carbocycles. The smallest absolute Gasteiger partial charge is 0.417 e. The van der Waals surface area contributed by atoms with E-state index in [9.17, 15) is 23.1 Å². The fourth-order valence-electron chi connectivity index (χ4n) is 6.81. The average Bonchev–Trinajstić information content (AvgIpc) is 2.85. The van der Waals surface area contributed by atoms with Crippen molar-refractivity contribution in [2.24, 2.45) is 16.5 Å². The van der Waals surface area contributed by atoms with Crippen LogP contribution in [0.3, 0.4) is 0 Å². The first-order chi connectivity index (χ1) is 17.8. The molecule has 38 heavy (non-hydrogen) atoms.